The van der Waals surface area contributed by atoms with E-state index in [1.807, 2.05) is 6.07 Å². The lowest BCUT2D eigenvalue weighted by Crippen LogP contribution is -2.43. The fraction of sp³-hybridized carbons (Fsp3) is 0.438. The molecule has 1 aromatic carbocycles. The minimum Gasteiger partial charge on any atom is -0.398 e. The molecule has 0 aliphatic heterocycles. The van der Waals surface area contributed by atoms with Gasteiger partial charge in [0.15, 0.2) is 12.2 Å². The maximum absolute atomic E-state index is 6.11. The highest BCUT2D eigenvalue weighted by Crippen LogP contribution is 2.18. The van der Waals surface area contributed by atoms with Gasteiger partial charge >= 0.3 is 0 Å². The summed E-state index contributed by atoms with van der Waals surface area (Å²) in [5.74, 6) is 0. The Labute approximate surface area is 115 Å². The zero-order chi connectivity index (χ0) is 13.8. The van der Waals surface area contributed by atoms with Crippen LogP contribution in [-0.4, -0.2) is 24.5 Å². The number of para-hydroxylation sites is 1. The van der Waals surface area contributed by atoms with Gasteiger partial charge in [0.1, 0.15) is 0 Å². The summed E-state index contributed by atoms with van der Waals surface area (Å²) in [4.78, 5) is 2.44. The van der Waals surface area contributed by atoms with E-state index in [2.05, 4.69) is 54.5 Å². The fourth-order valence-corrected chi connectivity index (χ4v) is 2.60. The molecule has 2 N–H and O–H groups in total. The zero-order valence-electron chi connectivity index (χ0n) is 12.2. The summed E-state index contributed by atoms with van der Waals surface area (Å²) >= 11 is 0. The van der Waals surface area contributed by atoms with Crippen LogP contribution < -0.4 is 10.3 Å². The van der Waals surface area contributed by atoms with Gasteiger partial charge in [-0.1, -0.05) is 26.0 Å². The molecule has 0 aliphatic rings. The lowest BCUT2D eigenvalue weighted by Gasteiger charge is -2.16. The molecule has 19 heavy (non-hydrogen) atoms. The van der Waals surface area contributed by atoms with E-state index < -0.39 is 0 Å². The molecule has 0 saturated carbocycles. The number of aromatic nitrogens is 1. The maximum atomic E-state index is 6.11. The summed E-state index contributed by atoms with van der Waals surface area (Å²) in [6.07, 6.45) is 0. The van der Waals surface area contributed by atoms with Crippen molar-refractivity contribution in [3.8, 4) is 0 Å². The van der Waals surface area contributed by atoms with Gasteiger partial charge in [0.25, 0.3) is 0 Å². The van der Waals surface area contributed by atoms with Gasteiger partial charge in [-0.2, -0.15) is 4.57 Å². The molecule has 3 nitrogen and oxygen atoms in total. The summed E-state index contributed by atoms with van der Waals surface area (Å²) in [5, 5.41) is 1.15. The number of aryl methyl sites for hydroxylation is 1. The van der Waals surface area contributed by atoms with E-state index in [1.54, 1.807) is 0 Å². The summed E-state index contributed by atoms with van der Waals surface area (Å²) in [7, 11) is 0. The first-order valence-corrected chi connectivity index (χ1v) is 7.07. The van der Waals surface area contributed by atoms with Gasteiger partial charge in [-0.3, -0.25) is 4.90 Å². The van der Waals surface area contributed by atoms with E-state index in [0.717, 1.165) is 37.3 Å². The van der Waals surface area contributed by atoms with Crippen LogP contribution in [-0.2, 0) is 6.54 Å². The second-order valence-corrected chi connectivity index (χ2v) is 4.94. The molecule has 0 unspecified atom stereocenters. The van der Waals surface area contributed by atoms with Crippen molar-refractivity contribution in [2.75, 3.05) is 25.4 Å². The number of nitrogen functional groups attached to an aromatic ring is 1. The highest BCUT2D eigenvalue weighted by Gasteiger charge is 2.15. The Morgan fingerprint density at radius 1 is 1.16 bits per heavy atom. The zero-order valence-corrected chi connectivity index (χ0v) is 12.2. The van der Waals surface area contributed by atoms with E-state index in [9.17, 15) is 0 Å². The van der Waals surface area contributed by atoms with Crippen molar-refractivity contribution in [2.24, 2.45) is 0 Å². The molecule has 0 radical (unpaired) electrons. The Morgan fingerprint density at radius 3 is 2.53 bits per heavy atom. The third-order valence-corrected chi connectivity index (χ3v) is 3.83. The summed E-state index contributed by atoms with van der Waals surface area (Å²) < 4.78 is 2.37. The Balaban J connectivity index is 2.37. The Bertz CT molecular complexity index is 559. The largest absolute Gasteiger partial charge is 0.398 e. The number of anilines is 1. The molecule has 2 rings (SSSR count). The van der Waals surface area contributed by atoms with Crippen LogP contribution in [0.1, 0.15) is 19.5 Å². The lowest BCUT2D eigenvalue weighted by molar-refractivity contribution is -0.676. The molecule has 0 spiro atoms. The molecule has 1 aromatic heterocycles. The van der Waals surface area contributed by atoms with Gasteiger partial charge in [0.05, 0.1) is 17.6 Å². The Morgan fingerprint density at radius 2 is 1.84 bits per heavy atom. The molecular weight excluding hydrogens is 234 g/mol. The van der Waals surface area contributed by atoms with E-state index in [-0.39, 0.29) is 0 Å². The van der Waals surface area contributed by atoms with E-state index in [4.69, 9.17) is 5.73 Å². The quantitative estimate of drug-likeness (QED) is 0.835. The number of fused-ring (bicyclic) bond motifs is 1. The number of pyridine rings is 1. The Kier molecular flexibility index (Phi) is 4.38. The third-order valence-electron chi connectivity index (χ3n) is 3.83. The number of nitrogens with zero attached hydrogens (tertiary/aromatic N) is 2. The monoisotopic (exact) mass is 258 g/mol. The van der Waals surface area contributed by atoms with Crippen molar-refractivity contribution in [3.05, 3.63) is 36.0 Å². The van der Waals surface area contributed by atoms with Crippen LogP contribution in [0.4, 0.5) is 5.69 Å². The first-order chi connectivity index (χ1) is 9.17. The standard InChI is InChI=1S/C16H23N3/c1-4-18(5-2)10-11-19-13(3)12-15(17)14-8-6-7-9-16(14)19/h6-9,12,17H,4-5,10-11H2,1-3H3/p+1. The van der Waals surface area contributed by atoms with Crippen LogP contribution in [0.5, 0.6) is 0 Å². The molecule has 102 valence electrons. The highest BCUT2D eigenvalue weighted by molar-refractivity contribution is 5.87. The van der Waals surface area contributed by atoms with Crippen LogP contribution in [0.3, 0.4) is 0 Å². The molecule has 0 saturated heterocycles. The maximum Gasteiger partial charge on any atom is 0.214 e. The fourth-order valence-electron chi connectivity index (χ4n) is 2.60. The second-order valence-electron chi connectivity index (χ2n) is 4.94. The van der Waals surface area contributed by atoms with Crippen LogP contribution in [0.25, 0.3) is 10.9 Å². The number of benzene rings is 1. The molecular formula is C16H24N3+. The Hall–Kier alpha value is -1.61. The molecule has 0 bridgehead atoms. The minimum absolute atomic E-state index is 0.868. The topological polar surface area (TPSA) is 33.1 Å². The normalized spacial score (nSPS) is 11.4. The molecule has 1 heterocycles. The number of hydrogen-bond acceptors (Lipinski definition) is 2. The van der Waals surface area contributed by atoms with Gasteiger partial charge in [0, 0.05) is 19.1 Å². The van der Waals surface area contributed by atoms with E-state index in [0.29, 0.717) is 0 Å². The molecule has 0 atom stereocenters. The van der Waals surface area contributed by atoms with Crippen molar-refractivity contribution >= 4 is 16.6 Å². The second kappa shape index (κ2) is 6.02. The average Bonchev–Trinajstić information content (AvgIpc) is 2.43. The van der Waals surface area contributed by atoms with Gasteiger partial charge in [-0.25, -0.2) is 0 Å². The minimum atomic E-state index is 0.868. The van der Waals surface area contributed by atoms with Gasteiger partial charge < -0.3 is 5.73 Å². The summed E-state index contributed by atoms with van der Waals surface area (Å²) in [5.41, 5.74) is 9.43. The van der Waals surface area contributed by atoms with Crippen LogP contribution in [0.15, 0.2) is 30.3 Å². The molecule has 3 heteroatoms. The van der Waals surface area contributed by atoms with Gasteiger partial charge in [-0.05, 0) is 19.2 Å². The molecule has 2 aromatic rings. The van der Waals surface area contributed by atoms with E-state index in [1.165, 1.54) is 11.2 Å². The van der Waals surface area contributed by atoms with E-state index >= 15 is 0 Å². The average molecular weight is 258 g/mol. The first-order valence-electron chi connectivity index (χ1n) is 7.07. The molecule has 0 aliphatic carbocycles. The molecule has 0 amide bonds. The third kappa shape index (κ3) is 2.87. The number of likely N-dealkylation sites (N-methyl/N-ethyl adjacent to an activating group) is 1. The first kappa shape index (κ1) is 13.8. The highest BCUT2D eigenvalue weighted by atomic mass is 15.1. The van der Waals surface area contributed by atoms with Gasteiger partial charge in [-0.15, -0.1) is 0 Å². The summed E-state index contributed by atoms with van der Waals surface area (Å²) in [6, 6.07) is 10.4. The van der Waals surface area contributed by atoms with Crippen LogP contribution in [0.2, 0.25) is 0 Å². The summed E-state index contributed by atoms with van der Waals surface area (Å²) in [6.45, 7) is 10.8. The van der Waals surface area contributed by atoms with Gasteiger partial charge in [0.2, 0.25) is 5.52 Å². The smallest absolute Gasteiger partial charge is 0.214 e. The van der Waals surface area contributed by atoms with Crippen molar-refractivity contribution in [2.45, 2.75) is 27.3 Å². The van der Waals surface area contributed by atoms with Crippen molar-refractivity contribution in [3.63, 3.8) is 0 Å². The van der Waals surface area contributed by atoms with Crippen LogP contribution in [0, 0.1) is 6.92 Å². The van der Waals surface area contributed by atoms with Crippen LogP contribution >= 0.6 is 0 Å². The molecule has 0 fully saturated rings. The number of hydrogen-bond donors (Lipinski definition) is 1. The SMILES string of the molecule is CCN(CC)CC[n+]1c(C)cc(N)c2ccccc21. The van der Waals surface area contributed by atoms with Crippen molar-refractivity contribution in [1.29, 1.82) is 0 Å². The predicted molar refractivity (Wildman–Crippen MR) is 81.1 cm³/mol. The number of nitrogens with two attached hydrogens (primary N) is 1. The van der Waals surface area contributed by atoms with Crippen molar-refractivity contribution < 1.29 is 4.57 Å². The lowest BCUT2D eigenvalue weighted by atomic mass is 10.1. The predicted octanol–water partition coefficient (Wildman–Crippen LogP) is 2.36. The number of rotatable bonds is 5. The van der Waals surface area contributed by atoms with Crippen molar-refractivity contribution in [1.82, 2.24) is 4.90 Å².